The van der Waals surface area contributed by atoms with E-state index >= 15 is 0 Å². The van der Waals surface area contributed by atoms with Gasteiger partial charge < -0.3 is 10.6 Å². The van der Waals surface area contributed by atoms with Crippen LogP contribution >= 0.6 is 11.6 Å². The van der Waals surface area contributed by atoms with Crippen LogP contribution in [0.5, 0.6) is 0 Å². The third-order valence-corrected chi connectivity index (χ3v) is 3.54. The van der Waals surface area contributed by atoms with Crippen LogP contribution in [0.15, 0.2) is 42.5 Å². The van der Waals surface area contributed by atoms with E-state index in [1.54, 1.807) is 6.07 Å². The molecule has 2 aromatic rings. The van der Waals surface area contributed by atoms with Crippen LogP contribution in [0.25, 0.3) is 0 Å². The molecule has 5 heteroatoms. The molecule has 1 amide bonds. The highest BCUT2D eigenvalue weighted by Crippen LogP contribution is 2.19. The smallest absolute Gasteiger partial charge is 0.226 e. The number of hydrogen-bond acceptors (Lipinski definition) is 2. The Hall–Kier alpha value is -2.07. The summed E-state index contributed by atoms with van der Waals surface area (Å²) in [5.41, 5.74) is 2.70. The van der Waals surface area contributed by atoms with E-state index in [1.165, 1.54) is 17.7 Å². The number of anilines is 2. The summed E-state index contributed by atoms with van der Waals surface area (Å²) in [6, 6.07) is 12.2. The van der Waals surface area contributed by atoms with Crippen molar-refractivity contribution >= 4 is 28.9 Å². The minimum absolute atomic E-state index is 0.0606. The van der Waals surface area contributed by atoms with Crippen molar-refractivity contribution in [3.05, 3.63) is 58.9 Å². The van der Waals surface area contributed by atoms with Crippen LogP contribution in [0.3, 0.4) is 0 Å². The quantitative estimate of drug-likeness (QED) is 0.823. The molecular formula is C17H18ClFN2O. The number of halogens is 2. The maximum Gasteiger partial charge on any atom is 0.226 e. The molecule has 22 heavy (non-hydrogen) atoms. The van der Waals surface area contributed by atoms with E-state index in [0.29, 0.717) is 18.7 Å². The minimum Gasteiger partial charge on any atom is -0.384 e. The number of aryl methyl sites for hydroxylation is 1. The van der Waals surface area contributed by atoms with Gasteiger partial charge in [0, 0.05) is 24.3 Å². The molecule has 0 radical (unpaired) electrons. The van der Waals surface area contributed by atoms with Gasteiger partial charge in [-0.2, -0.15) is 0 Å². The van der Waals surface area contributed by atoms with Gasteiger partial charge in [-0.1, -0.05) is 30.7 Å². The lowest BCUT2D eigenvalue weighted by Gasteiger charge is -2.08. The number of benzene rings is 2. The van der Waals surface area contributed by atoms with Gasteiger partial charge in [0.1, 0.15) is 5.82 Å². The highest BCUT2D eigenvalue weighted by Gasteiger charge is 2.04. The molecule has 116 valence electrons. The highest BCUT2D eigenvalue weighted by molar-refractivity contribution is 6.31. The molecule has 2 rings (SSSR count). The normalized spacial score (nSPS) is 10.3. The Kier molecular flexibility index (Phi) is 5.78. The van der Waals surface area contributed by atoms with Crippen LogP contribution < -0.4 is 10.6 Å². The summed E-state index contributed by atoms with van der Waals surface area (Å²) in [7, 11) is 0. The Bertz CT molecular complexity index is 644. The predicted octanol–water partition coefficient (Wildman–Crippen LogP) is 4.48. The van der Waals surface area contributed by atoms with Crippen LogP contribution in [0.2, 0.25) is 5.02 Å². The minimum atomic E-state index is -0.458. The fraction of sp³-hybridized carbons (Fsp3) is 0.235. The average molecular weight is 321 g/mol. The van der Waals surface area contributed by atoms with E-state index < -0.39 is 5.82 Å². The van der Waals surface area contributed by atoms with Crippen molar-refractivity contribution in [2.24, 2.45) is 0 Å². The summed E-state index contributed by atoms with van der Waals surface area (Å²) in [6.07, 6.45) is 1.28. The number of carbonyl (C=O) groups is 1. The van der Waals surface area contributed by atoms with E-state index in [4.69, 9.17) is 11.6 Å². The second-order valence-corrected chi connectivity index (χ2v) is 5.31. The molecule has 0 saturated carbocycles. The lowest BCUT2D eigenvalue weighted by molar-refractivity contribution is -0.115. The molecule has 0 bridgehead atoms. The number of amides is 1. The molecule has 0 aliphatic heterocycles. The van der Waals surface area contributed by atoms with Gasteiger partial charge in [0.15, 0.2) is 0 Å². The topological polar surface area (TPSA) is 41.1 Å². The summed E-state index contributed by atoms with van der Waals surface area (Å²) in [6.45, 7) is 2.53. The molecule has 0 aliphatic carbocycles. The maximum atomic E-state index is 13.0. The summed E-state index contributed by atoms with van der Waals surface area (Å²) in [5, 5.41) is 5.93. The zero-order valence-corrected chi connectivity index (χ0v) is 13.1. The average Bonchev–Trinajstić information content (AvgIpc) is 2.51. The molecule has 0 fully saturated rings. The van der Waals surface area contributed by atoms with Crippen molar-refractivity contribution in [3.8, 4) is 0 Å². The zero-order chi connectivity index (χ0) is 15.9. The van der Waals surface area contributed by atoms with Crippen LogP contribution in [-0.4, -0.2) is 12.5 Å². The first-order valence-corrected chi connectivity index (χ1v) is 7.54. The summed E-state index contributed by atoms with van der Waals surface area (Å²) < 4.78 is 13.0. The zero-order valence-electron chi connectivity index (χ0n) is 12.3. The standard InChI is InChI=1S/C17H18ClFN2O/c1-2-12-3-5-13(6-4-12)21-17(22)9-10-20-14-7-8-16(19)15(18)11-14/h3-8,11,20H,2,9-10H2,1H3,(H,21,22). The van der Waals surface area contributed by atoms with Crippen LogP contribution in [0, 0.1) is 5.82 Å². The van der Waals surface area contributed by atoms with Gasteiger partial charge in [-0.25, -0.2) is 4.39 Å². The van der Waals surface area contributed by atoms with E-state index in [1.807, 2.05) is 24.3 Å². The SMILES string of the molecule is CCc1ccc(NC(=O)CCNc2ccc(F)c(Cl)c2)cc1. The monoisotopic (exact) mass is 320 g/mol. The maximum absolute atomic E-state index is 13.0. The van der Waals surface area contributed by atoms with Crippen molar-refractivity contribution in [2.45, 2.75) is 19.8 Å². The van der Waals surface area contributed by atoms with Gasteiger partial charge >= 0.3 is 0 Å². The lowest BCUT2D eigenvalue weighted by atomic mass is 10.1. The number of carbonyl (C=O) groups excluding carboxylic acids is 1. The van der Waals surface area contributed by atoms with Crippen molar-refractivity contribution in [1.29, 1.82) is 0 Å². The van der Waals surface area contributed by atoms with Crippen molar-refractivity contribution < 1.29 is 9.18 Å². The fourth-order valence-electron chi connectivity index (χ4n) is 1.97. The van der Waals surface area contributed by atoms with Gasteiger partial charge in [-0.05, 0) is 42.3 Å². The predicted molar refractivity (Wildman–Crippen MR) is 89.0 cm³/mol. The van der Waals surface area contributed by atoms with Gasteiger partial charge in [-0.15, -0.1) is 0 Å². The third-order valence-electron chi connectivity index (χ3n) is 3.25. The van der Waals surface area contributed by atoms with E-state index in [9.17, 15) is 9.18 Å². The molecule has 0 aromatic heterocycles. The Balaban J connectivity index is 1.78. The van der Waals surface area contributed by atoms with Crippen LogP contribution in [0.4, 0.5) is 15.8 Å². The first-order chi connectivity index (χ1) is 10.6. The largest absolute Gasteiger partial charge is 0.384 e. The van der Waals surface area contributed by atoms with E-state index in [0.717, 1.165) is 12.1 Å². The van der Waals surface area contributed by atoms with Crippen molar-refractivity contribution in [3.63, 3.8) is 0 Å². The molecule has 3 nitrogen and oxygen atoms in total. The van der Waals surface area contributed by atoms with Gasteiger partial charge in [0.2, 0.25) is 5.91 Å². The fourth-order valence-corrected chi connectivity index (χ4v) is 2.15. The lowest BCUT2D eigenvalue weighted by Crippen LogP contribution is -2.16. The van der Waals surface area contributed by atoms with Gasteiger partial charge in [0.25, 0.3) is 0 Å². The third kappa shape index (κ3) is 4.74. The number of nitrogens with one attached hydrogen (secondary N) is 2. The second-order valence-electron chi connectivity index (χ2n) is 4.90. The Morgan fingerprint density at radius 2 is 1.82 bits per heavy atom. The number of rotatable bonds is 6. The Morgan fingerprint density at radius 1 is 1.14 bits per heavy atom. The second kappa shape index (κ2) is 7.80. The van der Waals surface area contributed by atoms with Gasteiger partial charge in [0.05, 0.1) is 5.02 Å². The molecule has 0 saturated heterocycles. The molecule has 0 atom stereocenters. The van der Waals surface area contributed by atoms with Crippen LogP contribution in [-0.2, 0) is 11.2 Å². The summed E-state index contributed by atoms with van der Waals surface area (Å²) >= 11 is 5.69. The first-order valence-electron chi connectivity index (χ1n) is 7.16. The van der Waals surface area contributed by atoms with Crippen LogP contribution in [0.1, 0.15) is 18.9 Å². The molecular weight excluding hydrogens is 303 g/mol. The van der Waals surface area contributed by atoms with E-state index in [2.05, 4.69) is 17.6 Å². The molecule has 2 aromatic carbocycles. The number of hydrogen-bond donors (Lipinski definition) is 2. The van der Waals surface area contributed by atoms with E-state index in [-0.39, 0.29) is 10.9 Å². The van der Waals surface area contributed by atoms with Gasteiger partial charge in [-0.3, -0.25) is 4.79 Å². The van der Waals surface area contributed by atoms with Crippen molar-refractivity contribution in [1.82, 2.24) is 0 Å². The molecule has 0 aliphatic rings. The molecule has 0 spiro atoms. The van der Waals surface area contributed by atoms with Crippen molar-refractivity contribution in [2.75, 3.05) is 17.2 Å². The Morgan fingerprint density at radius 3 is 2.45 bits per heavy atom. The molecule has 0 unspecified atom stereocenters. The highest BCUT2D eigenvalue weighted by atomic mass is 35.5. The summed E-state index contributed by atoms with van der Waals surface area (Å²) in [5.74, 6) is -0.537. The molecule has 2 N–H and O–H groups in total. The molecule has 0 heterocycles. The first kappa shape index (κ1) is 16.3. The summed E-state index contributed by atoms with van der Waals surface area (Å²) in [4.78, 5) is 11.8. The Labute approximate surface area is 134 Å².